The molecule has 1 aliphatic heterocycles. The molecule has 0 saturated carbocycles. The third kappa shape index (κ3) is 3.43. The summed E-state index contributed by atoms with van der Waals surface area (Å²) in [6, 6.07) is 16.7. The Morgan fingerprint density at radius 2 is 1.70 bits per heavy atom. The van der Waals surface area contributed by atoms with Crippen LogP contribution in [0.25, 0.3) is 11.1 Å². The Bertz CT molecular complexity index is 750. The zero-order valence-electron chi connectivity index (χ0n) is 12.8. The lowest BCUT2D eigenvalue weighted by Gasteiger charge is -2.24. The highest BCUT2D eigenvalue weighted by atomic mass is 35.5. The molecule has 6 heteroatoms. The van der Waals surface area contributed by atoms with Gasteiger partial charge in [-0.05, 0) is 24.5 Å². The second-order valence-electron chi connectivity index (χ2n) is 5.51. The van der Waals surface area contributed by atoms with Crippen molar-refractivity contribution in [2.24, 2.45) is 5.73 Å². The highest BCUT2D eigenvalue weighted by Gasteiger charge is 2.35. The van der Waals surface area contributed by atoms with Crippen LogP contribution in [0.2, 0.25) is 0 Å². The van der Waals surface area contributed by atoms with Gasteiger partial charge in [0.05, 0.1) is 4.90 Å². The topological polar surface area (TPSA) is 63.4 Å². The fourth-order valence-corrected chi connectivity index (χ4v) is 4.96. The summed E-state index contributed by atoms with van der Waals surface area (Å²) in [6.45, 7) is 0.917. The summed E-state index contributed by atoms with van der Waals surface area (Å²) in [7, 11) is -3.53. The molecule has 0 amide bonds. The quantitative estimate of drug-likeness (QED) is 0.920. The number of rotatable bonds is 4. The second kappa shape index (κ2) is 7.45. The first-order chi connectivity index (χ1) is 10.6. The Morgan fingerprint density at radius 1 is 1.04 bits per heavy atom. The lowest BCUT2D eigenvalue weighted by atomic mass is 10.1. The predicted molar refractivity (Wildman–Crippen MR) is 95.1 cm³/mol. The van der Waals surface area contributed by atoms with E-state index >= 15 is 0 Å². The fourth-order valence-electron chi connectivity index (χ4n) is 3.04. The smallest absolute Gasteiger partial charge is 0.243 e. The van der Waals surface area contributed by atoms with E-state index in [1.54, 1.807) is 16.4 Å². The molecule has 0 bridgehead atoms. The number of nitrogens with zero attached hydrogens (tertiary/aromatic N) is 1. The molecule has 4 nitrogen and oxygen atoms in total. The molecule has 3 rings (SSSR count). The van der Waals surface area contributed by atoms with Crippen LogP contribution in [-0.4, -0.2) is 31.9 Å². The molecule has 124 valence electrons. The molecule has 1 aliphatic rings. The molecule has 1 unspecified atom stereocenters. The van der Waals surface area contributed by atoms with Gasteiger partial charge in [0.2, 0.25) is 10.0 Å². The Labute approximate surface area is 143 Å². The largest absolute Gasteiger partial charge is 0.329 e. The van der Waals surface area contributed by atoms with Crippen LogP contribution in [0.5, 0.6) is 0 Å². The third-order valence-electron chi connectivity index (χ3n) is 4.15. The van der Waals surface area contributed by atoms with E-state index in [0.29, 0.717) is 18.0 Å². The van der Waals surface area contributed by atoms with E-state index in [0.717, 1.165) is 24.0 Å². The minimum atomic E-state index is -3.53. The molecule has 1 atom stereocenters. The van der Waals surface area contributed by atoms with Crippen LogP contribution in [0.15, 0.2) is 59.5 Å². The van der Waals surface area contributed by atoms with Crippen LogP contribution in [-0.2, 0) is 10.0 Å². The number of nitrogens with two attached hydrogens (primary N) is 1. The van der Waals surface area contributed by atoms with E-state index in [-0.39, 0.29) is 18.4 Å². The van der Waals surface area contributed by atoms with Crippen molar-refractivity contribution < 1.29 is 8.42 Å². The minimum absolute atomic E-state index is 0. The molecule has 23 heavy (non-hydrogen) atoms. The molecule has 1 heterocycles. The Morgan fingerprint density at radius 3 is 2.39 bits per heavy atom. The summed E-state index contributed by atoms with van der Waals surface area (Å²) in [4.78, 5) is 0.363. The second-order valence-corrected chi connectivity index (χ2v) is 7.37. The van der Waals surface area contributed by atoms with E-state index < -0.39 is 10.0 Å². The van der Waals surface area contributed by atoms with Gasteiger partial charge in [-0.25, -0.2) is 8.42 Å². The first-order valence-electron chi connectivity index (χ1n) is 7.51. The summed E-state index contributed by atoms with van der Waals surface area (Å²) in [5, 5.41) is 0. The van der Waals surface area contributed by atoms with Crippen molar-refractivity contribution in [3.63, 3.8) is 0 Å². The maximum Gasteiger partial charge on any atom is 0.243 e. The van der Waals surface area contributed by atoms with Gasteiger partial charge in [0.1, 0.15) is 0 Å². The summed E-state index contributed by atoms with van der Waals surface area (Å²) in [5.74, 6) is 0. The number of hydrogen-bond donors (Lipinski definition) is 1. The predicted octanol–water partition coefficient (Wildman–Crippen LogP) is 2.89. The van der Waals surface area contributed by atoms with Crippen LogP contribution in [0, 0.1) is 0 Å². The van der Waals surface area contributed by atoms with Gasteiger partial charge in [-0.15, -0.1) is 12.4 Å². The third-order valence-corrected chi connectivity index (χ3v) is 6.16. The molecule has 1 saturated heterocycles. The van der Waals surface area contributed by atoms with Gasteiger partial charge in [-0.1, -0.05) is 48.5 Å². The van der Waals surface area contributed by atoms with Crippen molar-refractivity contribution in [2.75, 3.05) is 13.1 Å². The van der Waals surface area contributed by atoms with Crippen molar-refractivity contribution in [3.8, 4) is 11.1 Å². The van der Waals surface area contributed by atoms with E-state index in [1.165, 1.54) is 0 Å². The summed E-state index contributed by atoms with van der Waals surface area (Å²) >= 11 is 0. The summed E-state index contributed by atoms with van der Waals surface area (Å²) in [6.07, 6.45) is 1.71. The van der Waals surface area contributed by atoms with Gasteiger partial charge in [-0.3, -0.25) is 0 Å². The highest BCUT2D eigenvalue weighted by Crippen LogP contribution is 2.32. The molecule has 2 N–H and O–H groups in total. The van der Waals surface area contributed by atoms with Gasteiger partial charge in [0.15, 0.2) is 0 Å². The maximum absolute atomic E-state index is 13.1. The summed E-state index contributed by atoms with van der Waals surface area (Å²) < 4.78 is 27.7. The van der Waals surface area contributed by atoms with E-state index in [2.05, 4.69) is 0 Å². The van der Waals surface area contributed by atoms with E-state index in [4.69, 9.17) is 5.73 Å². The molecule has 1 fully saturated rings. The van der Waals surface area contributed by atoms with E-state index in [1.807, 2.05) is 42.5 Å². The number of halogens is 1. The van der Waals surface area contributed by atoms with Crippen LogP contribution in [0.4, 0.5) is 0 Å². The SMILES string of the molecule is Cl.NCC1CCCN1S(=O)(=O)c1ccccc1-c1ccccc1. The van der Waals surface area contributed by atoms with Crippen molar-refractivity contribution >= 4 is 22.4 Å². The maximum atomic E-state index is 13.1. The van der Waals surface area contributed by atoms with Gasteiger partial charge >= 0.3 is 0 Å². The standard InChI is InChI=1S/C17H20N2O2S.ClH/c18-13-15-9-6-12-19(15)22(20,21)17-11-5-4-10-16(17)14-7-2-1-3-8-14;/h1-5,7-8,10-11,15H,6,9,12-13,18H2;1H. The average molecular weight is 353 g/mol. The van der Waals surface area contributed by atoms with Crippen molar-refractivity contribution in [1.82, 2.24) is 4.31 Å². The van der Waals surface area contributed by atoms with Crippen LogP contribution >= 0.6 is 12.4 Å². The zero-order chi connectivity index (χ0) is 15.6. The van der Waals surface area contributed by atoms with E-state index in [9.17, 15) is 8.42 Å². The molecule has 0 aromatic heterocycles. The van der Waals surface area contributed by atoms with Crippen LogP contribution < -0.4 is 5.73 Å². The first-order valence-corrected chi connectivity index (χ1v) is 8.95. The van der Waals surface area contributed by atoms with Crippen molar-refractivity contribution in [3.05, 3.63) is 54.6 Å². The fraction of sp³-hybridized carbons (Fsp3) is 0.294. The van der Waals surface area contributed by atoms with Gasteiger partial charge in [-0.2, -0.15) is 4.31 Å². The lowest BCUT2D eigenvalue weighted by Crippen LogP contribution is -2.40. The zero-order valence-corrected chi connectivity index (χ0v) is 14.4. The molecule has 0 radical (unpaired) electrons. The Kier molecular flexibility index (Phi) is 5.81. The monoisotopic (exact) mass is 352 g/mol. The van der Waals surface area contributed by atoms with Gasteiger partial charge in [0, 0.05) is 24.7 Å². The molecular formula is C17H21ClN2O2S. The molecule has 2 aromatic carbocycles. The van der Waals surface area contributed by atoms with Crippen LogP contribution in [0.3, 0.4) is 0 Å². The minimum Gasteiger partial charge on any atom is -0.329 e. The summed E-state index contributed by atoms with van der Waals surface area (Å²) in [5.41, 5.74) is 7.39. The first kappa shape index (κ1) is 17.9. The average Bonchev–Trinajstić information content (AvgIpc) is 3.05. The Hall–Kier alpha value is -1.40. The van der Waals surface area contributed by atoms with Crippen LogP contribution in [0.1, 0.15) is 12.8 Å². The van der Waals surface area contributed by atoms with Crippen molar-refractivity contribution in [2.45, 2.75) is 23.8 Å². The lowest BCUT2D eigenvalue weighted by molar-refractivity contribution is 0.393. The van der Waals surface area contributed by atoms with Gasteiger partial charge in [0.25, 0.3) is 0 Å². The molecule has 0 aliphatic carbocycles. The van der Waals surface area contributed by atoms with Crippen molar-refractivity contribution in [1.29, 1.82) is 0 Å². The number of benzene rings is 2. The number of hydrogen-bond acceptors (Lipinski definition) is 3. The molecule has 2 aromatic rings. The highest BCUT2D eigenvalue weighted by molar-refractivity contribution is 7.89. The molecule has 0 spiro atoms. The molecular weight excluding hydrogens is 332 g/mol. The Balaban J connectivity index is 0.00000192. The normalized spacial score (nSPS) is 18.6. The number of sulfonamides is 1. The van der Waals surface area contributed by atoms with Gasteiger partial charge < -0.3 is 5.73 Å².